The van der Waals surface area contributed by atoms with Crippen molar-refractivity contribution in [2.45, 2.75) is 32.6 Å². The molecule has 2 aromatic carbocycles. The van der Waals surface area contributed by atoms with E-state index in [4.69, 9.17) is 0 Å². The van der Waals surface area contributed by atoms with Crippen LogP contribution in [0.25, 0.3) is 10.2 Å². The highest BCUT2D eigenvalue weighted by molar-refractivity contribution is 7.22. The highest BCUT2D eigenvalue weighted by Gasteiger charge is 2.09. The number of hydrogen-bond acceptors (Lipinski definition) is 4. The number of rotatable bonds is 7. The zero-order valence-corrected chi connectivity index (χ0v) is 16.3. The summed E-state index contributed by atoms with van der Waals surface area (Å²) in [5.41, 5.74) is 3.17. The van der Waals surface area contributed by atoms with Crippen LogP contribution in [0.4, 0.5) is 5.13 Å². The average molecular weight is 382 g/mol. The number of thiazole rings is 1. The third-order valence-corrected chi connectivity index (χ3v) is 5.28. The molecule has 0 aliphatic rings. The second-order valence-electron chi connectivity index (χ2n) is 6.62. The number of benzene rings is 2. The maximum Gasteiger partial charge on any atom is 0.223 e. The molecule has 140 valence electrons. The van der Waals surface area contributed by atoms with Gasteiger partial charge in [0.05, 0.1) is 10.2 Å². The number of carbonyl (C=O) groups is 2. The van der Waals surface area contributed by atoms with Crippen LogP contribution >= 0.6 is 11.3 Å². The Balaban J connectivity index is 1.51. The van der Waals surface area contributed by atoms with Crippen LogP contribution in [0.1, 0.15) is 37.3 Å². The molecule has 5 nitrogen and oxygen atoms in total. The molecule has 0 unspecified atom stereocenters. The lowest BCUT2D eigenvalue weighted by molar-refractivity contribution is -0.121. The van der Waals surface area contributed by atoms with Gasteiger partial charge in [-0.1, -0.05) is 54.7 Å². The van der Waals surface area contributed by atoms with E-state index in [0.29, 0.717) is 24.5 Å². The van der Waals surface area contributed by atoms with Gasteiger partial charge in [-0.3, -0.25) is 9.59 Å². The molecular formula is C21H23N3O2S. The first kappa shape index (κ1) is 19.0. The molecule has 0 fully saturated rings. The second-order valence-corrected chi connectivity index (χ2v) is 7.65. The molecular weight excluding hydrogens is 358 g/mol. The number of nitrogens with zero attached hydrogens (tertiary/aromatic N) is 1. The third-order valence-electron chi connectivity index (χ3n) is 4.35. The van der Waals surface area contributed by atoms with E-state index in [1.54, 1.807) is 0 Å². The van der Waals surface area contributed by atoms with Gasteiger partial charge in [0.1, 0.15) is 0 Å². The van der Waals surface area contributed by atoms with E-state index < -0.39 is 0 Å². The molecule has 2 amide bonds. The highest BCUT2D eigenvalue weighted by atomic mass is 32.1. The second kappa shape index (κ2) is 8.77. The van der Waals surface area contributed by atoms with Gasteiger partial charge in [0.2, 0.25) is 11.8 Å². The minimum atomic E-state index is -0.129. The van der Waals surface area contributed by atoms with Crippen molar-refractivity contribution in [2.24, 2.45) is 0 Å². The molecule has 1 heterocycles. The fraction of sp³-hybridized carbons (Fsp3) is 0.286. The Morgan fingerprint density at radius 1 is 1.15 bits per heavy atom. The van der Waals surface area contributed by atoms with Crippen LogP contribution in [-0.4, -0.2) is 23.3 Å². The number of carbonyl (C=O) groups excluding carboxylic acids is 2. The summed E-state index contributed by atoms with van der Waals surface area (Å²) in [5, 5.41) is 6.33. The predicted molar refractivity (Wildman–Crippen MR) is 110 cm³/mol. The standard InChI is InChI=1S/C21H23N3O2S/c1-14(17-6-4-3-5-7-17)13-22-20(26)11-9-16-8-10-18-19(12-16)27-21(24-18)23-15(2)25/h3-8,10,12,14H,9,11,13H2,1-2H3,(H,22,26)(H,23,24,25)/t14-/m0/s1. The predicted octanol–water partition coefficient (Wildman–Crippen LogP) is 4.11. The molecule has 27 heavy (non-hydrogen) atoms. The third kappa shape index (κ3) is 5.37. The molecule has 0 aliphatic heterocycles. The van der Waals surface area contributed by atoms with Gasteiger partial charge < -0.3 is 10.6 Å². The zero-order valence-electron chi connectivity index (χ0n) is 15.5. The summed E-state index contributed by atoms with van der Waals surface area (Å²) in [6.07, 6.45) is 1.12. The van der Waals surface area contributed by atoms with Gasteiger partial charge in [0, 0.05) is 19.9 Å². The Hall–Kier alpha value is -2.73. The van der Waals surface area contributed by atoms with Crippen molar-refractivity contribution in [3.05, 3.63) is 59.7 Å². The van der Waals surface area contributed by atoms with Crippen molar-refractivity contribution in [1.29, 1.82) is 0 Å². The summed E-state index contributed by atoms with van der Waals surface area (Å²) >= 11 is 1.44. The van der Waals surface area contributed by atoms with E-state index >= 15 is 0 Å². The molecule has 0 aliphatic carbocycles. The molecule has 2 N–H and O–H groups in total. The zero-order chi connectivity index (χ0) is 19.2. The first-order valence-electron chi connectivity index (χ1n) is 9.00. The summed E-state index contributed by atoms with van der Waals surface area (Å²) in [7, 11) is 0. The number of anilines is 1. The lowest BCUT2D eigenvalue weighted by atomic mass is 10.0. The van der Waals surface area contributed by atoms with Crippen LogP contribution in [-0.2, 0) is 16.0 Å². The lowest BCUT2D eigenvalue weighted by Crippen LogP contribution is -2.27. The largest absolute Gasteiger partial charge is 0.355 e. The van der Waals surface area contributed by atoms with E-state index in [1.165, 1.54) is 23.8 Å². The number of fused-ring (bicyclic) bond motifs is 1. The molecule has 0 radical (unpaired) electrons. The first-order valence-corrected chi connectivity index (χ1v) is 9.81. The van der Waals surface area contributed by atoms with Gasteiger partial charge in [-0.2, -0.15) is 0 Å². The van der Waals surface area contributed by atoms with Crippen LogP contribution in [0, 0.1) is 0 Å². The van der Waals surface area contributed by atoms with Crippen molar-refractivity contribution in [2.75, 3.05) is 11.9 Å². The Morgan fingerprint density at radius 3 is 2.67 bits per heavy atom. The number of amides is 2. The molecule has 3 rings (SSSR count). The Labute approximate surface area is 162 Å². The molecule has 0 saturated carbocycles. The van der Waals surface area contributed by atoms with Crippen molar-refractivity contribution < 1.29 is 9.59 Å². The van der Waals surface area contributed by atoms with E-state index in [2.05, 4.69) is 34.7 Å². The maximum absolute atomic E-state index is 12.2. The lowest BCUT2D eigenvalue weighted by Gasteiger charge is -2.13. The van der Waals surface area contributed by atoms with Crippen molar-refractivity contribution in [1.82, 2.24) is 10.3 Å². The summed E-state index contributed by atoms with van der Waals surface area (Å²) in [5.74, 6) is 0.215. The summed E-state index contributed by atoms with van der Waals surface area (Å²) in [4.78, 5) is 27.7. The summed E-state index contributed by atoms with van der Waals surface area (Å²) in [6.45, 7) is 4.21. The van der Waals surface area contributed by atoms with Crippen LogP contribution in [0.3, 0.4) is 0 Å². The number of hydrogen-bond donors (Lipinski definition) is 2. The van der Waals surface area contributed by atoms with E-state index in [1.807, 2.05) is 36.4 Å². The van der Waals surface area contributed by atoms with E-state index in [0.717, 1.165) is 15.8 Å². The monoisotopic (exact) mass is 381 g/mol. The number of aromatic nitrogens is 1. The minimum absolute atomic E-state index is 0.0566. The van der Waals surface area contributed by atoms with Gasteiger partial charge in [-0.05, 0) is 35.6 Å². The Morgan fingerprint density at radius 2 is 1.93 bits per heavy atom. The molecule has 3 aromatic rings. The average Bonchev–Trinajstić information content (AvgIpc) is 3.05. The van der Waals surface area contributed by atoms with Crippen molar-refractivity contribution in [3.63, 3.8) is 0 Å². The SMILES string of the molecule is CC(=O)Nc1nc2ccc(CCC(=O)NC[C@H](C)c3ccccc3)cc2s1. The van der Waals surface area contributed by atoms with Crippen LogP contribution < -0.4 is 10.6 Å². The van der Waals surface area contributed by atoms with Crippen LogP contribution in [0.5, 0.6) is 0 Å². The molecule has 0 saturated heterocycles. The fourth-order valence-electron chi connectivity index (χ4n) is 2.84. The minimum Gasteiger partial charge on any atom is -0.355 e. The van der Waals surface area contributed by atoms with Gasteiger partial charge in [0.25, 0.3) is 0 Å². The normalized spacial score (nSPS) is 11.9. The highest BCUT2D eigenvalue weighted by Crippen LogP contribution is 2.27. The van der Waals surface area contributed by atoms with Gasteiger partial charge >= 0.3 is 0 Å². The van der Waals surface area contributed by atoms with Gasteiger partial charge in [-0.15, -0.1) is 0 Å². The maximum atomic E-state index is 12.2. The Kier molecular flexibility index (Phi) is 6.19. The number of aryl methyl sites for hydroxylation is 1. The van der Waals surface area contributed by atoms with Crippen LogP contribution in [0.15, 0.2) is 48.5 Å². The van der Waals surface area contributed by atoms with E-state index in [-0.39, 0.29) is 17.7 Å². The first-order chi connectivity index (χ1) is 13.0. The number of nitrogens with one attached hydrogen (secondary N) is 2. The van der Waals surface area contributed by atoms with Crippen LogP contribution in [0.2, 0.25) is 0 Å². The Bertz CT molecular complexity index is 937. The van der Waals surface area contributed by atoms with Gasteiger partial charge in [-0.25, -0.2) is 4.98 Å². The molecule has 0 spiro atoms. The van der Waals surface area contributed by atoms with Crippen molar-refractivity contribution >= 4 is 38.5 Å². The van der Waals surface area contributed by atoms with Crippen molar-refractivity contribution in [3.8, 4) is 0 Å². The fourth-order valence-corrected chi connectivity index (χ4v) is 3.82. The topological polar surface area (TPSA) is 71.1 Å². The molecule has 0 bridgehead atoms. The van der Waals surface area contributed by atoms with Gasteiger partial charge in [0.15, 0.2) is 5.13 Å². The summed E-state index contributed by atoms with van der Waals surface area (Å²) in [6, 6.07) is 16.1. The molecule has 6 heteroatoms. The summed E-state index contributed by atoms with van der Waals surface area (Å²) < 4.78 is 1.01. The molecule has 1 aromatic heterocycles. The van der Waals surface area contributed by atoms with E-state index in [9.17, 15) is 9.59 Å². The molecule has 1 atom stereocenters. The smallest absolute Gasteiger partial charge is 0.223 e. The quantitative estimate of drug-likeness (QED) is 0.647.